The Kier molecular flexibility index (Phi) is 4.83. The van der Waals surface area contributed by atoms with Crippen molar-refractivity contribution in [3.63, 3.8) is 0 Å². The molecule has 1 aliphatic rings. The lowest BCUT2D eigenvalue weighted by atomic mass is 9.74. The van der Waals surface area contributed by atoms with Crippen LogP contribution in [0.2, 0.25) is 0 Å². The molecule has 0 unspecified atom stereocenters. The number of esters is 1. The van der Waals surface area contributed by atoms with Gasteiger partial charge in [-0.15, -0.1) is 0 Å². The molecule has 0 aliphatic carbocycles. The highest BCUT2D eigenvalue weighted by Gasteiger charge is 2.38. The first-order chi connectivity index (χ1) is 12.9. The van der Waals surface area contributed by atoms with Crippen LogP contribution in [0.25, 0.3) is 0 Å². The minimum atomic E-state index is -0.454. The van der Waals surface area contributed by atoms with E-state index in [0.717, 1.165) is 17.4 Å². The van der Waals surface area contributed by atoms with E-state index in [4.69, 9.17) is 18.9 Å². The van der Waals surface area contributed by atoms with Gasteiger partial charge in [-0.25, -0.2) is 0 Å². The van der Waals surface area contributed by atoms with Crippen LogP contribution in [0.3, 0.4) is 0 Å². The Bertz CT molecular complexity index is 913. The molecule has 0 saturated heterocycles. The molecule has 0 atom stereocenters. The van der Waals surface area contributed by atoms with E-state index in [9.17, 15) is 9.59 Å². The van der Waals surface area contributed by atoms with Crippen molar-refractivity contribution in [1.82, 2.24) is 0 Å². The highest BCUT2D eigenvalue weighted by Crippen LogP contribution is 2.53. The number of rotatable bonds is 5. The number of ether oxygens (including phenoxy) is 4. The van der Waals surface area contributed by atoms with Gasteiger partial charge in [0.1, 0.15) is 23.0 Å². The van der Waals surface area contributed by atoms with E-state index in [2.05, 4.69) is 0 Å². The Labute approximate surface area is 158 Å². The molecule has 1 aliphatic heterocycles. The lowest BCUT2D eigenvalue weighted by Gasteiger charge is -2.36. The van der Waals surface area contributed by atoms with E-state index in [1.54, 1.807) is 6.07 Å². The second kappa shape index (κ2) is 6.95. The normalized spacial score (nSPS) is 13.7. The SMILES string of the molecule is COC(=O)Cc1c(OC)ccc2c1Oc1c(ccc(OC)c1C=O)C2(C)C. The van der Waals surface area contributed by atoms with Crippen LogP contribution >= 0.6 is 0 Å². The summed E-state index contributed by atoms with van der Waals surface area (Å²) in [5, 5.41) is 0. The lowest BCUT2D eigenvalue weighted by molar-refractivity contribution is -0.139. The minimum Gasteiger partial charge on any atom is -0.496 e. The van der Waals surface area contributed by atoms with E-state index in [1.165, 1.54) is 21.3 Å². The van der Waals surface area contributed by atoms with Crippen LogP contribution in [-0.4, -0.2) is 33.6 Å². The zero-order valence-corrected chi connectivity index (χ0v) is 16.0. The number of fused-ring (bicyclic) bond motifs is 2. The molecule has 2 aromatic carbocycles. The van der Waals surface area contributed by atoms with Crippen LogP contribution < -0.4 is 14.2 Å². The molecule has 1 heterocycles. The summed E-state index contributed by atoms with van der Waals surface area (Å²) in [5.74, 6) is 1.49. The summed E-state index contributed by atoms with van der Waals surface area (Å²) < 4.78 is 21.8. The maximum atomic E-state index is 12.0. The summed E-state index contributed by atoms with van der Waals surface area (Å²) >= 11 is 0. The van der Waals surface area contributed by atoms with Gasteiger partial charge in [-0.1, -0.05) is 26.0 Å². The van der Waals surface area contributed by atoms with Gasteiger partial charge in [0, 0.05) is 22.1 Å². The number of aldehydes is 1. The number of benzene rings is 2. The Balaban J connectivity index is 2.28. The van der Waals surface area contributed by atoms with Gasteiger partial charge in [0.15, 0.2) is 6.29 Å². The number of methoxy groups -OCH3 is 3. The minimum absolute atomic E-state index is 0.00531. The monoisotopic (exact) mass is 370 g/mol. The Hall–Kier alpha value is -3.02. The molecule has 0 spiro atoms. The van der Waals surface area contributed by atoms with Gasteiger partial charge in [0.25, 0.3) is 0 Å². The largest absolute Gasteiger partial charge is 0.496 e. The van der Waals surface area contributed by atoms with E-state index in [0.29, 0.717) is 34.1 Å². The maximum absolute atomic E-state index is 12.0. The van der Waals surface area contributed by atoms with E-state index < -0.39 is 11.4 Å². The molecular formula is C21H22O6. The van der Waals surface area contributed by atoms with Crippen LogP contribution in [0, 0.1) is 0 Å². The average Bonchev–Trinajstić information content (AvgIpc) is 2.67. The Morgan fingerprint density at radius 1 is 1.00 bits per heavy atom. The quantitative estimate of drug-likeness (QED) is 0.591. The fourth-order valence-electron chi connectivity index (χ4n) is 3.51. The van der Waals surface area contributed by atoms with Crippen molar-refractivity contribution in [3.05, 3.63) is 46.5 Å². The fraction of sp³-hybridized carbons (Fsp3) is 0.333. The topological polar surface area (TPSA) is 71.1 Å². The molecular weight excluding hydrogens is 348 g/mol. The van der Waals surface area contributed by atoms with Crippen LogP contribution in [0.1, 0.15) is 40.9 Å². The number of carbonyl (C=O) groups excluding carboxylic acids is 2. The van der Waals surface area contributed by atoms with Crippen molar-refractivity contribution in [2.75, 3.05) is 21.3 Å². The summed E-state index contributed by atoms with van der Waals surface area (Å²) in [6, 6.07) is 7.39. The molecule has 6 nitrogen and oxygen atoms in total. The van der Waals surface area contributed by atoms with Crippen LogP contribution in [-0.2, 0) is 21.4 Å². The molecule has 0 fully saturated rings. The first-order valence-corrected chi connectivity index (χ1v) is 8.50. The molecule has 0 amide bonds. The smallest absolute Gasteiger partial charge is 0.310 e. The Morgan fingerprint density at radius 2 is 1.59 bits per heavy atom. The van der Waals surface area contributed by atoms with Crippen LogP contribution in [0.5, 0.6) is 23.0 Å². The third-order valence-corrected chi connectivity index (χ3v) is 5.03. The molecule has 2 aromatic rings. The lowest BCUT2D eigenvalue weighted by Crippen LogP contribution is -2.26. The fourth-order valence-corrected chi connectivity index (χ4v) is 3.51. The van der Waals surface area contributed by atoms with Gasteiger partial charge >= 0.3 is 5.97 Å². The Morgan fingerprint density at radius 3 is 2.15 bits per heavy atom. The van der Waals surface area contributed by atoms with Gasteiger partial charge < -0.3 is 18.9 Å². The first kappa shape index (κ1) is 18.8. The van der Waals surface area contributed by atoms with Crippen molar-refractivity contribution in [2.24, 2.45) is 0 Å². The van der Waals surface area contributed by atoms with Crippen molar-refractivity contribution < 1.29 is 28.5 Å². The summed E-state index contributed by atoms with van der Waals surface area (Å²) in [5.41, 5.74) is 2.23. The molecule has 27 heavy (non-hydrogen) atoms. The molecule has 0 saturated carbocycles. The molecule has 6 heteroatoms. The van der Waals surface area contributed by atoms with Gasteiger partial charge in [0.05, 0.1) is 33.3 Å². The first-order valence-electron chi connectivity index (χ1n) is 8.50. The highest BCUT2D eigenvalue weighted by molar-refractivity contribution is 5.86. The van der Waals surface area contributed by atoms with Crippen molar-refractivity contribution in [2.45, 2.75) is 25.7 Å². The second-order valence-corrected chi connectivity index (χ2v) is 6.78. The van der Waals surface area contributed by atoms with Crippen molar-refractivity contribution in [3.8, 4) is 23.0 Å². The summed E-state index contributed by atoms with van der Waals surface area (Å²) in [6.45, 7) is 4.09. The molecule has 0 bridgehead atoms. The van der Waals surface area contributed by atoms with E-state index in [-0.39, 0.29) is 6.42 Å². The van der Waals surface area contributed by atoms with Crippen LogP contribution in [0.15, 0.2) is 24.3 Å². The van der Waals surface area contributed by atoms with Gasteiger partial charge in [-0.3, -0.25) is 9.59 Å². The third-order valence-electron chi connectivity index (χ3n) is 5.03. The molecule has 0 N–H and O–H groups in total. The van der Waals surface area contributed by atoms with E-state index in [1.807, 2.05) is 32.0 Å². The predicted molar refractivity (Wildman–Crippen MR) is 99.3 cm³/mol. The average molecular weight is 370 g/mol. The van der Waals surface area contributed by atoms with Gasteiger partial charge in [0.2, 0.25) is 0 Å². The highest BCUT2D eigenvalue weighted by atomic mass is 16.5. The second-order valence-electron chi connectivity index (χ2n) is 6.78. The van der Waals surface area contributed by atoms with Gasteiger partial charge in [-0.05, 0) is 12.1 Å². The zero-order valence-electron chi connectivity index (χ0n) is 16.0. The zero-order chi connectivity index (χ0) is 19.8. The number of carbonyl (C=O) groups is 2. The van der Waals surface area contributed by atoms with Crippen molar-refractivity contribution in [1.29, 1.82) is 0 Å². The summed E-state index contributed by atoms with van der Waals surface area (Å²) in [4.78, 5) is 23.7. The molecule has 142 valence electrons. The molecule has 0 aromatic heterocycles. The summed E-state index contributed by atoms with van der Waals surface area (Å²) in [6.07, 6.45) is 0.716. The number of hydrogen-bond donors (Lipinski definition) is 0. The summed E-state index contributed by atoms with van der Waals surface area (Å²) in [7, 11) is 4.37. The molecule has 3 rings (SSSR count). The van der Waals surface area contributed by atoms with E-state index >= 15 is 0 Å². The van der Waals surface area contributed by atoms with Gasteiger partial charge in [-0.2, -0.15) is 0 Å². The number of hydrogen-bond acceptors (Lipinski definition) is 6. The van der Waals surface area contributed by atoms with Crippen molar-refractivity contribution >= 4 is 12.3 Å². The predicted octanol–water partition coefficient (Wildman–Crippen LogP) is 3.66. The maximum Gasteiger partial charge on any atom is 0.310 e. The third kappa shape index (κ3) is 2.91. The molecule has 0 radical (unpaired) electrons. The standard InChI is InChI=1S/C21H22O6/c1-21(2)14-6-8-16(24-3)12(10-18(23)26-5)19(14)27-20-13(11-22)17(25-4)9-7-15(20)21/h6-9,11H,10H2,1-5H3. The van der Waals surface area contributed by atoms with Crippen LogP contribution in [0.4, 0.5) is 0 Å².